The van der Waals surface area contributed by atoms with Crippen molar-refractivity contribution >= 4 is 17.8 Å². The van der Waals surface area contributed by atoms with E-state index in [-0.39, 0.29) is 35.7 Å². The number of aromatic nitrogens is 1. The first-order valence-corrected chi connectivity index (χ1v) is 9.81. The number of hydrogen-bond donors (Lipinski definition) is 4. The van der Waals surface area contributed by atoms with Crippen molar-refractivity contribution in [3.63, 3.8) is 0 Å². The topological polar surface area (TPSA) is 155 Å². The third-order valence-corrected chi connectivity index (χ3v) is 4.99. The zero-order chi connectivity index (χ0) is 22.7. The van der Waals surface area contributed by atoms with E-state index in [0.29, 0.717) is 6.54 Å². The van der Waals surface area contributed by atoms with Crippen molar-refractivity contribution in [3.05, 3.63) is 45.7 Å². The van der Waals surface area contributed by atoms with Crippen LogP contribution in [-0.4, -0.2) is 70.5 Å². The Bertz CT molecular complexity index is 1040. The van der Waals surface area contributed by atoms with Crippen LogP contribution in [0.2, 0.25) is 0 Å². The molecule has 10 heteroatoms. The molecular weight excluding hydrogens is 406 g/mol. The second-order valence-electron chi connectivity index (χ2n) is 7.46. The van der Waals surface area contributed by atoms with E-state index in [0.717, 1.165) is 13.1 Å². The number of nitrogens with two attached hydrogens (primary N) is 1. The number of nitrogens with zero attached hydrogens (tertiary/aromatic N) is 1. The summed E-state index contributed by atoms with van der Waals surface area (Å²) in [4.78, 5) is 40.2. The molecule has 1 aromatic heterocycles. The average molecular weight is 431 g/mol. The zero-order valence-electron chi connectivity index (χ0n) is 17.3. The molecule has 1 saturated heterocycles. The molecule has 166 valence electrons. The van der Waals surface area contributed by atoms with Crippen LogP contribution in [-0.2, 0) is 4.74 Å². The van der Waals surface area contributed by atoms with Crippen molar-refractivity contribution in [2.24, 2.45) is 0 Å². The largest absolute Gasteiger partial charge is 0.492 e. The molecule has 0 radical (unpaired) electrons. The Labute approximate surface area is 178 Å². The number of H-pyrrole nitrogens is 1. The lowest BCUT2D eigenvalue weighted by molar-refractivity contribution is -0.0699. The summed E-state index contributed by atoms with van der Waals surface area (Å²) in [5.41, 5.74) is 3.40. The summed E-state index contributed by atoms with van der Waals surface area (Å²) in [5.74, 6) is -3.20. The van der Waals surface area contributed by atoms with Crippen LogP contribution in [0.1, 0.15) is 34.6 Å². The number of carboxylic acid groups (broad SMARTS) is 2. The maximum absolute atomic E-state index is 12.3. The van der Waals surface area contributed by atoms with E-state index in [4.69, 9.17) is 15.2 Å². The van der Waals surface area contributed by atoms with Crippen molar-refractivity contribution < 1.29 is 29.3 Å². The van der Waals surface area contributed by atoms with E-state index in [1.54, 1.807) is 18.2 Å². The maximum Gasteiger partial charge on any atom is 0.342 e. The average Bonchev–Trinajstić information content (AvgIpc) is 2.66. The number of carbonyl (C=O) groups is 2. The van der Waals surface area contributed by atoms with Crippen LogP contribution in [0.4, 0.5) is 5.82 Å². The van der Waals surface area contributed by atoms with E-state index >= 15 is 0 Å². The van der Waals surface area contributed by atoms with E-state index in [2.05, 4.69) is 9.88 Å². The van der Waals surface area contributed by atoms with Crippen LogP contribution < -0.4 is 16.0 Å². The minimum absolute atomic E-state index is 0.103. The van der Waals surface area contributed by atoms with Crippen molar-refractivity contribution in [3.8, 4) is 16.9 Å². The fourth-order valence-electron chi connectivity index (χ4n) is 3.87. The monoisotopic (exact) mass is 431 g/mol. The highest BCUT2D eigenvalue weighted by atomic mass is 16.5. The van der Waals surface area contributed by atoms with Gasteiger partial charge in [0.25, 0.3) is 5.56 Å². The predicted molar refractivity (Wildman–Crippen MR) is 113 cm³/mol. The molecular formula is C21H25N3O7. The highest BCUT2D eigenvalue weighted by Crippen LogP contribution is 2.35. The predicted octanol–water partition coefficient (Wildman–Crippen LogP) is 1.51. The number of pyridine rings is 1. The number of aromatic carboxylic acids is 2. The fourth-order valence-corrected chi connectivity index (χ4v) is 3.87. The summed E-state index contributed by atoms with van der Waals surface area (Å²) in [6, 6.07) is 6.37. The molecule has 2 unspecified atom stereocenters. The minimum atomic E-state index is -1.56. The molecule has 1 aliphatic heterocycles. The van der Waals surface area contributed by atoms with Gasteiger partial charge in [0.1, 0.15) is 29.3 Å². The van der Waals surface area contributed by atoms with Gasteiger partial charge in [0.15, 0.2) is 0 Å². The van der Waals surface area contributed by atoms with Gasteiger partial charge in [0.05, 0.1) is 12.2 Å². The molecule has 0 bridgehead atoms. The molecule has 0 saturated carbocycles. The normalized spacial score (nSPS) is 19.2. The number of rotatable bonds is 7. The summed E-state index contributed by atoms with van der Waals surface area (Å²) < 4.78 is 11.6. The standard InChI is InChI=1S/C21H25N3O7/c1-11-9-24(10-12(2)31-11)7-8-30-14-6-4-3-5-13(14)15-16(20(26)27)18(22)23-19(25)17(15)21(28)29/h3-6,11-12H,7-10H2,1-2H3,(H,26,27)(H,28,29)(H3,22,23,25). The molecule has 0 spiro atoms. The Kier molecular flexibility index (Phi) is 6.62. The number of nitrogen functional groups attached to an aromatic ring is 1. The van der Waals surface area contributed by atoms with Crippen LogP contribution in [0, 0.1) is 0 Å². The molecule has 3 rings (SSSR count). The van der Waals surface area contributed by atoms with Gasteiger partial charge >= 0.3 is 11.9 Å². The number of hydrogen-bond acceptors (Lipinski definition) is 7. The summed E-state index contributed by atoms with van der Waals surface area (Å²) >= 11 is 0. The number of morpholine rings is 1. The van der Waals surface area contributed by atoms with Gasteiger partial charge in [0, 0.05) is 30.8 Å². The van der Waals surface area contributed by atoms with E-state index < -0.39 is 34.4 Å². The van der Waals surface area contributed by atoms with Gasteiger partial charge in [-0.15, -0.1) is 0 Å². The second-order valence-corrected chi connectivity index (χ2v) is 7.46. The summed E-state index contributed by atoms with van der Waals surface area (Å²) in [6.07, 6.45) is 0.206. The van der Waals surface area contributed by atoms with Crippen molar-refractivity contribution in [1.29, 1.82) is 0 Å². The molecule has 2 aromatic rings. The van der Waals surface area contributed by atoms with Crippen molar-refractivity contribution in [2.45, 2.75) is 26.1 Å². The van der Waals surface area contributed by atoms with Gasteiger partial charge in [-0.25, -0.2) is 9.59 Å². The molecule has 31 heavy (non-hydrogen) atoms. The number of aromatic amines is 1. The van der Waals surface area contributed by atoms with E-state index in [1.165, 1.54) is 6.07 Å². The first-order valence-electron chi connectivity index (χ1n) is 9.81. The van der Waals surface area contributed by atoms with Crippen LogP contribution in [0.15, 0.2) is 29.1 Å². The van der Waals surface area contributed by atoms with Crippen molar-refractivity contribution in [2.75, 3.05) is 32.0 Å². The zero-order valence-corrected chi connectivity index (χ0v) is 17.3. The van der Waals surface area contributed by atoms with Crippen molar-refractivity contribution in [1.82, 2.24) is 9.88 Å². The van der Waals surface area contributed by atoms with Crippen LogP contribution in [0.25, 0.3) is 11.1 Å². The molecule has 2 atom stereocenters. The van der Waals surface area contributed by atoms with Gasteiger partial charge in [-0.3, -0.25) is 9.69 Å². The molecule has 2 heterocycles. The smallest absolute Gasteiger partial charge is 0.342 e. The third-order valence-electron chi connectivity index (χ3n) is 4.99. The first-order chi connectivity index (χ1) is 14.7. The summed E-state index contributed by atoms with van der Waals surface area (Å²) in [6.45, 7) is 6.38. The quantitative estimate of drug-likeness (QED) is 0.510. The lowest BCUT2D eigenvalue weighted by atomic mass is 9.94. The van der Waals surface area contributed by atoms with Gasteiger partial charge in [0.2, 0.25) is 0 Å². The van der Waals surface area contributed by atoms with E-state index in [9.17, 15) is 24.6 Å². The summed E-state index contributed by atoms with van der Waals surface area (Å²) in [5, 5.41) is 19.2. The van der Waals surface area contributed by atoms with E-state index in [1.807, 2.05) is 13.8 Å². The number of nitrogens with one attached hydrogen (secondary N) is 1. The van der Waals surface area contributed by atoms with Gasteiger partial charge in [-0.1, -0.05) is 18.2 Å². The Morgan fingerprint density at radius 2 is 1.77 bits per heavy atom. The third kappa shape index (κ3) is 4.86. The lowest BCUT2D eigenvalue weighted by Crippen LogP contribution is -2.46. The molecule has 1 aromatic carbocycles. The van der Waals surface area contributed by atoms with Crippen LogP contribution >= 0.6 is 0 Å². The fraction of sp³-hybridized carbons (Fsp3) is 0.381. The molecule has 0 amide bonds. The number of para-hydroxylation sites is 1. The summed E-state index contributed by atoms with van der Waals surface area (Å²) in [7, 11) is 0. The molecule has 5 N–H and O–H groups in total. The Morgan fingerprint density at radius 3 is 2.39 bits per heavy atom. The first kappa shape index (κ1) is 22.3. The highest BCUT2D eigenvalue weighted by molar-refractivity contribution is 6.08. The molecule has 0 aliphatic carbocycles. The maximum atomic E-state index is 12.3. The Hall–Kier alpha value is -3.37. The number of ether oxygens (including phenoxy) is 2. The second kappa shape index (κ2) is 9.19. The number of anilines is 1. The number of carboxylic acids is 2. The number of benzene rings is 1. The Morgan fingerprint density at radius 1 is 1.16 bits per heavy atom. The molecule has 1 aliphatic rings. The SMILES string of the molecule is CC1CN(CCOc2ccccc2-c2c(C(=O)O)c(N)[nH]c(=O)c2C(=O)O)CC(C)O1. The highest BCUT2D eigenvalue weighted by Gasteiger charge is 2.28. The molecule has 1 fully saturated rings. The minimum Gasteiger partial charge on any atom is -0.492 e. The Balaban J connectivity index is 1.96. The lowest BCUT2D eigenvalue weighted by Gasteiger charge is -2.35. The van der Waals surface area contributed by atoms with Gasteiger partial charge < -0.3 is 30.4 Å². The van der Waals surface area contributed by atoms with Crippen LogP contribution in [0.5, 0.6) is 5.75 Å². The van der Waals surface area contributed by atoms with Gasteiger partial charge in [-0.05, 0) is 19.9 Å². The molecule has 10 nitrogen and oxygen atoms in total. The van der Waals surface area contributed by atoms with Crippen LogP contribution in [0.3, 0.4) is 0 Å². The van der Waals surface area contributed by atoms with Gasteiger partial charge in [-0.2, -0.15) is 0 Å².